The number of nitrogens with one attached hydrogen (secondary N) is 2. The van der Waals surface area contributed by atoms with Gasteiger partial charge >= 0.3 is 0 Å². The van der Waals surface area contributed by atoms with Crippen molar-refractivity contribution in [3.8, 4) is 0 Å². The van der Waals surface area contributed by atoms with Gasteiger partial charge in [-0.3, -0.25) is 9.59 Å². The van der Waals surface area contributed by atoms with Crippen LogP contribution in [0, 0.1) is 0 Å². The molecule has 2 unspecified atom stereocenters. The van der Waals surface area contributed by atoms with Crippen LogP contribution in [-0.2, 0) is 9.59 Å². The number of fused-ring (bicyclic) bond motifs is 2. The van der Waals surface area contributed by atoms with E-state index in [4.69, 9.17) is 0 Å². The van der Waals surface area contributed by atoms with E-state index in [1.807, 2.05) is 11.9 Å². The Kier molecular flexibility index (Phi) is 3.66. The Labute approximate surface area is 102 Å². The van der Waals surface area contributed by atoms with Crippen LogP contribution in [-0.4, -0.2) is 48.4 Å². The average molecular weight is 239 g/mol. The third kappa shape index (κ3) is 2.97. The van der Waals surface area contributed by atoms with Gasteiger partial charge in [0.2, 0.25) is 11.8 Å². The molecular weight excluding hydrogens is 218 g/mol. The summed E-state index contributed by atoms with van der Waals surface area (Å²) < 4.78 is 0. The topological polar surface area (TPSA) is 61.4 Å². The van der Waals surface area contributed by atoms with E-state index in [1.165, 1.54) is 19.8 Å². The molecule has 2 bridgehead atoms. The van der Waals surface area contributed by atoms with Crippen LogP contribution >= 0.6 is 0 Å². The van der Waals surface area contributed by atoms with E-state index in [9.17, 15) is 9.59 Å². The van der Waals surface area contributed by atoms with E-state index in [2.05, 4.69) is 10.6 Å². The van der Waals surface area contributed by atoms with E-state index < -0.39 is 0 Å². The number of amides is 2. The molecule has 2 heterocycles. The fourth-order valence-electron chi connectivity index (χ4n) is 2.87. The fourth-order valence-corrected chi connectivity index (χ4v) is 2.87. The van der Waals surface area contributed by atoms with Gasteiger partial charge in [-0.2, -0.15) is 0 Å². The number of piperidine rings is 1. The summed E-state index contributed by atoms with van der Waals surface area (Å²) in [5, 5.41) is 6.11. The highest BCUT2D eigenvalue weighted by atomic mass is 16.2. The smallest absolute Gasteiger partial charge is 0.241 e. The van der Waals surface area contributed by atoms with Gasteiger partial charge in [-0.25, -0.2) is 0 Å². The first-order valence-electron chi connectivity index (χ1n) is 6.32. The molecule has 5 heteroatoms. The van der Waals surface area contributed by atoms with Crippen LogP contribution in [0.4, 0.5) is 0 Å². The van der Waals surface area contributed by atoms with Gasteiger partial charge < -0.3 is 15.5 Å². The number of carbonyl (C=O) groups excluding carboxylic acids is 2. The van der Waals surface area contributed by atoms with Gasteiger partial charge in [0.15, 0.2) is 0 Å². The van der Waals surface area contributed by atoms with Crippen molar-refractivity contribution in [3.05, 3.63) is 0 Å². The molecule has 2 N–H and O–H groups in total. The van der Waals surface area contributed by atoms with Crippen molar-refractivity contribution in [1.29, 1.82) is 0 Å². The van der Waals surface area contributed by atoms with Gasteiger partial charge in [0.1, 0.15) is 0 Å². The molecule has 96 valence electrons. The zero-order chi connectivity index (χ0) is 12.4. The summed E-state index contributed by atoms with van der Waals surface area (Å²) in [4.78, 5) is 24.4. The normalized spacial score (nSPS) is 31.1. The zero-order valence-electron chi connectivity index (χ0n) is 10.5. The lowest BCUT2D eigenvalue weighted by atomic mass is 9.98. The van der Waals surface area contributed by atoms with Crippen molar-refractivity contribution in [1.82, 2.24) is 15.5 Å². The van der Waals surface area contributed by atoms with Crippen LogP contribution in [0.2, 0.25) is 0 Å². The standard InChI is InChI=1S/C12H21N3O2/c1-8(16)13-7-12(17)15(2)11-5-9-3-4-10(6-11)14-9/h9-11,14H,3-7H2,1-2H3,(H,13,16). The molecule has 17 heavy (non-hydrogen) atoms. The summed E-state index contributed by atoms with van der Waals surface area (Å²) in [6, 6.07) is 1.49. The Bertz CT molecular complexity index is 307. The molecule has 0 saturated carbocycles. The van der Waals surface area contributed by atoms with E-state index >= 15 is 0 Å². The predicted molar refractivity (Wildman–Crippen MR) is 64.4 cm³/mol. The maximum Gasteiger partial charge on any atom is 0.241 e. The van der Waals surface area contributed by atoms with Gasteiger partial charge in [-0.1, -0.05) is 0 Å². The minimum absolute atomic E-state index is 0.00602. The second-order valence-electron chi connectivity index (χ2n) is 5.18. The molecule has 0 radical (unpaired) electrons. The summed E-state index contributed by atoms with van der Waals surface area (Å²) in [5.41, 5.74) is 0. The molecule has 2 aliphatic rings. The molecule has 2 aliphatic heterocycles. The lowest BCUT2D eigenvalue weighted by Gasteiger charge is -2.35. The number of carbonyl (C=O) groups is 2. The van der Waals surface area contributed by atoms with Crippen LogP contribution in [0.3, 0.4) is 0 Å². The second-order valence-corrected chi connectivity index (χ2v) is 5.18. The minimum Gasteiger partial charge on any atom is -0.347 e. The summed E-state index contributed by atoms with van der Waals surface area (Å²) in [7, 11) is 1.85. The SMILES string of the molecule is CC(=O)NCC(=O)N(C)C1CC2CCC(C1)N2. The first-order chi connectivity index (χ1) is 8.06. The Morgan fingerprint density at radius 3 is 2.41 bits per heavy atom. The van der Waals surface area contributed by atoms with Crippen LogP contribution in [0.1, 0.15) is 32.6 Å². The monoisotopic (exact) mass is 239 g/mol. The molecule has 2 amide bonds. The van der Waals surface area contributed by atoms with E-state index in [0.717, 1.165) is 12.8 Å². The summed E-state index contributed by atoms with van der Waals surface area (Å²) in [6.45, 7) is 1.54. The Morgan fingerprint density at radius 1 is 1.29 bits per heavy atom. The third-order valence-electron chi connectivity index (χ3n) is 3.88. The number of hydrogen-bond acceptors (Lipinski definition) is 3. The molecule has 2 rings (SSSR count). The minimum atomic E-state index is -0.155. The van der Waals surface area contributed by atoms with Gasteiger partial charge in [0, 0.05) is 32.1 Å². The van der Waals surface area contributed by atoms with Crippen molar-refractivity contribution >= 4 is 11.8 Å². The van der Waals surface area contributed by atoms with E-state index in [-0.39, 0.29) is 18.4 Å². The third-order valence-corrected chi connectivity index (χ3v) is 3.88. The molecule has 2 atom stereocenters. The summed E-state index contributed by atoms with van der Waals surface area (Å²) in [5.74, 6) is -0.149. The van der Waals surface area contributed by atoms with Gasteiger partial charge in [0.05, 0.1) is 6.54 Å². The maximum absolute atomic E-state index is 11.9. The maximum atomic E-state index is 11.9. The van der Waals surface area contributed by atoms with Crippen molar-refractivity contribution in [3.63, 3.8) is 0 Å². The number of nitrogens with zero attached hydrogens (tertiary/aromatic N) is 1. The zero-order valence-corrected chi connectivity index (χ0v) is 10.5. The second kappa shape index (κ2) is 5.04. The molecule has 2 fully saturated rings. The molecule has 0 aromatic carbocycles. The lowest BCUT2D eigenvalue weighted by Crippen LogP contribution is -2.50. The highest BCUT2D eigenvalue weighted by Crippen LogP contribution is 2.29. The van der Waals surface area contributed by atoms with Crippen molar-refractivity contribution in [2.75, 3.05) is 13.6 Å². The van der Waals surface area contributed by atoms with Crippen LogP contribution in [0.5, 0.6) is 0 Å². The number of likely N-dealkylation sites (N-methyl/N-ethyl adjacent to an activating group) is 1. The number of rotatable bonds is 3. The Morgan fingerprint density at radius 2 is 1.88 bits per heavy atom. The first-order valence-corrected chi connectivity index (χ1v) is 6.32. The Balaban J connectivity index is 1.84. The van der Waals surface area contributed by atoms with Crippen LogP contribution < -0.4 is 10.6 Å². The van der Waals surface area contributed by atoms with Crippen molar-refractivity contribution in [2.45, 2.75) is 50.7 Å². The van der Waals surface area contributed by atoms with Gasteiger partial charge in [0.25, 0.3) is 0 Å². The van der Waals surface area contributed by atoms with Gasteiger partial charge in [-0.05, 0) is 25.7 Å². The van der Waals surface area contributed by atoms with Gasteiger partial charge in [-0.15, -0.1) is 0 Å². The first kappa shape index (κ1) is 12.4. The molecule has 0 aliphatic carbocycles. The van der Waals surface area contributed by atoms with E-state index in [1.54, 1.807) is 0 Å². The van der Waals surface area contributed by atoms with E-state index in [0.29, 0.717) is 18.1 Å². The molecule has 0 aromatic rings. The quantitative estimate of drug-likeness (QED) is 0.721. The number of hydrogen-bond donors (Lipinski definition) is 2. The largest absolute Gasteiger partial charge is 0.347 e. The Hall–Kier alpha value is -1.10. The van der Waals surface area contributed by atoms with Crippen LogP contribution in [0.25, 0.3) is 0 Å². The van der Waals surface area contributed by atoms with Crippen molar-refractivity contribution in [2.24, 2.45) is 0 Å². The highest BCUT2D eigenvalue weighted by Gasteiger charge is 2.36. The molecule has 0 aromatic heterocycles. The molecule has 5 nitrogen and oxygen atoms in total. The van der Waals surface area contributed by atoms with Crippen molar-refractivity contribution < 1.29 is 9.59 Å². The molecule has 0 spiro atoms. The lowest BCUT2D eigenvalue weighted by molar-refractivity contribution is -0.133. The summed E-state index contributed by atoms with van der Waals surface area (Å²) >= 11 is 0. The highest BCUT2D eigenvalue weighted by molar-refractivity contribution is 5.83. The molecule has 2 saturated heterocycles. The average Bonchev–Trinajstić information content (AvgIpc) is 2.64. The summed E-state index contributed by atoms with van der Waals surface area (Å²) in [6.07, 6.45) is 4.54. The molecular formula is C12H21N3O2. The predicted octanol–water partition coefficient (Wildman–Crippen LogP) is -0.136. The van der Waals surface area contributed by atoms with Crippen LogP contribution in [0.15, 0.2) is 0 Å². The fraction of sp³-hybridized carbons (Fsp3) is 0.833.